The molecule has 1 aliphatic rings. The highest BCUT2D eigenvalue weighted by atomic mass is 16.1. The summed E-state index contributed by atoms with van der Waals surface area (Å²) in [7, 11) is 1.96. The molecule has 0 aromatic heterocycles. The van der Waals surface area contributed by atoms with Gasteiger partial charge in [0.15, 0.2) is 0 Å². The number of nitrogens with one attached hydrogen (secondary N) is 2. The molecule has 2 N–H and O–H groups in total. The van der Waals surface area contributed by atoms with Crippen molar-refractivity contribution in [3.63, 3.8) is 0 Å². The highest BCUT2D eigenvalue weighted by Gasteiger charge is 2.24. The summed E-state index contributed by atoms with van der Waals surface area (Å²) >= 11 is 0. The van der Waals surface area contributed by atoms with Crippen LogP contribution in [0.4, 0.5) is 5.69 Å². The van der Waals surface area contributed by atoms with Crippen LogP contribution in [0.25, 0.3) is 0 Å². The highest BCUT2D eigenvalue weighted by molar-refractivity contribution is 5.73. The number of anilines is 1. The summed E-state index contributed by atoms with van der Waals surface area (Å²) in [4.78, 5) is 13.4. The lowest BCUT2D eigenvalue weighted by Gasteiger charge is -2.22. The summed E-state index contributed by atoms with van der Waals surface area (Å²) in [6.07, 6.45) is 1.02. The second-order valence-electron chi connectivity index (χ2n) is 4.79. The number of hydrogen-bond donors (Lipinski definition) is 2. The van der Waals surface area contributed by atoms with Gasteiger partial charge in [0.25, 0.3) is 0 Å². The first-order valence-corrected chi connectivity index (χ1v) is 6.45. The van der Waals surface area contributed by atoms with Crippen LogP contribution >= 0.6 is 0 Å². The molecule has 1 aliphatic heterocycles. The van der Waals surface area contributed by atoms with Gasteiger partial charge < -0.3 is 15.5 Å². The van der Waals surface area contributed by atoms with Crippen LogP contribution in [0.1, 0.15) is 18.9 Å². The molecule has 1 unspecified atom stereocenters. The van der Waals surface area contributed by atoms with Crippen LogP contribution in [-0.2, 0) is 11.3 Å². The summed E-state index contributed by atoms with van der Waals surface area (Å²) in [6.45, 7) is 4.36. The molecule has 98 valence electrons. The third kappa shape index (κ3) is 3.01. The zero-order valence-corrected chi connectivity index (χ0v) is 11.1. The van der Waals surface area contributed by atoms with Crippen LogP contribution in [0, 0.1) is 0 Å². The fourth-order valence-electron chi connectivity index (χ4n) is 2.54. The Kier molecular flexibility index (Phi) is 4.20. The van der Waals surface area contributed by atoms with E-state index in [0.29, 0.717) is 0 Å². The van der Waals surface area contributed by atoms with Crippen molar-refractivity contribution in [2.75, 3.05) is 25.0 Å². The van der Waals surface area contributed by atoms with E-state index in [1.165, 1.54) is 11.3 Å². The maximum atomic E-state index is 11.1. The molecule has 0 aliphatic carbocycles. The van der Waals surface area contributed by atoms with E-state index in [4.69, 9.17) is 0 Å². The Balaban J connectivity index is 2.06. The zero-order valence-electron chi connectivity index (χ0n) is 11.1. The molecule has 1 fully saturated rings. The van der Waals surface area contributed by atoms with Gasteiger partial charge >= 0.3 is 0 Å². The van der Waals surface area contributed by atoms with Gasteiger partial charge in [-0.2, -0.15) is 0 Å². The SMILES string of the molecule is CNCc1ccccc1N1CCC(NC(C)=O)C1. The third-order valence-corrected chi connectivity index (χ3v) is 3.30. The molecule has 1 aromatic rings. The smallest absolute Gasteiger partial charge is 0.217 e. The molecular weight excluding hydrogens is 226 g/mol. The Labute approximate surface area is 108 Å². The Bertz CT molecular complexity index is 419. The van der Waals surface area contributed by atoms with Crippen LogP contribution in [-0.4, -0.2) is 32.1 Å². The Morgan fingerprint density at radius 2 is 2.22 bits per heavy atom. The Morgan fingerprint density at radius 1 is 1.44 bits per heavy atom. The minimum Gasteiger partial charge on any atom is -0.369 e. The number of nitrogens with zero attached hydrogens (tertiary/aromatic N) is 1. The topological polar surface area (TPSA) is 44.4 Å². The molecule has 2 rings (SSSR count). The van der Waals surface area contributed by atoms with E-state index in [9.17, 15) is 4.79 Å². The van der Waals surface area contributed by atoms with E-state index in [1.54, 1.807) is 6.92 Å². The van der Waals surface area contributed by atoms with Gasteiger partial charge in [-0.15, -0.1) is 0 Å². The normalized spacial score (nSPS) is 19.0. The van der Waals surface area contributed by atoms with Crippen molar-refractivity contribution in [3.8, 4) is 0 Å². The molecule has 4 heteroatoms. The van der Waals surface area contributed by atoms with Crippen molar-refractivity contribution >= 4 is 11.6 Å². The molecule has 1 aromatic carbocycles. The van der Waals surface area contributed by atoms with Gasteiger partial charge in [0.2, 0.25) is 5.91 Å². The van der Waals surface area contributed by atoms with E-state index in [-0.39, 0.29) is 11.9 Å². The van der Waals surface area contributed by atoms with Gasteiger partial charge in [0.05, 0.1) is 0 Å². The van der Waals surface area contributed by atoms with Crippen molar-refractivity contribution in [1.82, 2.24) is 10.6 Å². The summed E-state index contributed by atoms with van der Waals surface area (Å²) in [5.41, 5.74) is 2.59. The average molecular weight is 247 g/mol. The van der Waals surface area contributed by atoms with Crippen molar-refractivity contribution in [2.24, 2.45) is 0 Å². The summed E-state index contributed by atoms with van der Waals surface area (Å²) in [5.74, 6) is 0.0605. The van der Waals surface area contributed by atoms with Crippen LogP contribution < -0.4 is 15.5 Å². The predicted octanol–water partition coefficient (Wildman–Crippen LogP) is 1.12. The van der Waals surface area contributed by atoms with Gasteiger partial charge in [0.1, 0.15) is 0 Å². The zero-order chi connectivity index (χ0) is 13.0. The third-order valence-electron chi connectivity index (χ3n) is 3.30. The number of carbonyl (C=O) groups excluding carboxylic acids is 1. The van der Waals surface area contributed by atoms with Gasteiger partial charge in [-0.05, 0) is 25.1 Å². The number of amides is 1. The number of carbonyl (C=O) groups is 1. The Morgan fingerprint density at radius 3 is 2.94 bits per heavy atom. The van der Waals surface area contributed by atoms with Crippen LogP contribution in [0.2, 0.25) is 0 Å². The van der Waals surface area contributed by atoms with E-state index in [0.717, 1.165) is 26.1 Å². The van der Waals surface area contributed by atoms with Gasteiger partial charge in [-0.3, -0.25) is 4.79 Å². The predicted molar refractivity (Wildman–Crippen MR) is 73.6 cm³/mol. The number of para-hydroxylation sites is 1. The molecule has 1 saturated heterocycles. The van der Waals surface area contributed by atoms with E-state index in [1.807, 2.05) is 7.05 Å². The lowest BCUT2D eigenvalue weighted by atomic mass is 10.1. The summed E-state index contributed by atoms with van der Waals surface area (Å²) in [5, 5.41) is 6.19. The molecule has 1 amide bonds. The van der Waals surface area contributed by atoms with Crippen LogP contribution in [0.3, 0.4) is 0 Å². The van der Waals surface area contributed by atoms with Crippen molar-refractivity contribution in [1.29, 1.82) is 0 Å². The number of rotatable bonds is 4. The summed E-state index contributed by atoms with van der Waals surface area (Å²) in [6, 6.07) is 8.73. The molecule has 0 saturated carbocycles. The molecule has 0 radical (unpaired) electrons. The first kappa shape index (κ1) is 12.9. The van der Waals surface area contributed by atoms with Crippen LogP contribution in [0.5, 0.6) is 0 Å². The fraction of sp³-hybridized carbons (Fsp3) is 0.500. The number of benzene rings is 1. The largest absolute Gasteiger partial charge is 0.369 e. The molecule has 0 bridgehead atoms. The van der Waals surface area contributed by atoms with Gasteiger partial charge in [0, 0.05) is 38.3 Å². The molecule has 1 atom stereocenters. The van der Waals surface area contributed by atoms with E-state index in [2.05, 4.69) is 39.8 Å². The molecule has 18 heavy (non-hydrogen) atoms. The molecule has 1 heterocycles. The molecule has 4 nitrogen and oxygen atoms in total. The van der Waals surface area contributed by atoms with E-state index >= 15 is 0 Å². The lowest BCUT2D eigenvalue weighted by molar-refractivity contribution is -0.119. The van der Waals surface area contributed by atoms with E-state index < -0.39 is 0 Å². The minimum atomic E-state index is 0.0605. The quantitative estimate of drug-likeness (QED) is 0.838. The Hall–Kier alpha value is -1.55. The fourth-order valence-corrected chi connectivity index (χ4v) is 2.54. The second kappa shape index (κ2) is 5.87. The monoisotopic (exact) mass is 247 g/mol. The van der Waals surface area contributed by atoms with Crippen molar-refractivity contribution in [3.05, 3.63) is 29.8 Å². The maximum Gasteiger partial charge on any atom is 0.217 e. The first-order valence-electron chi connectivity index (χ1n) is 6.45. The standard InChI is InChI=1S/C14H21N3O/c1-11(18)16-13-7-8-17(10-13)14-6-4-3-5-12(14)9-15-2/h3-6,13,15H,7-10H2,1-2H3,(H,16,18). The lowest BCUT2D eigenvalue weighted by Crippen LogP contribution is -2.35. The number of hydrogen-bond acceptors (Lipinski definition) is 3. The average Bonchev–Trinajstić information content (AvgIpc) is 2.77. The second-order valence-corrected chi connectivity index (χ2v) is 4.79. The van der Waals surface area contributed by atoms with Gasteiger partial charge in [-0.25, -0.2) is 0 Å². The van der Waals surface area contributed by atoms with Crippen molar-refractivity contribution in [2.45, 2.75) is 25.9 Å². The minimum absolute atomic E-state index is 0.0605. The van der Waals surface area contributed by atoms with Crippen molar-refractivity contribution < 1.29 is 4.79 Å². The van der Waals surface area contributed by atoms with Gasteiger partial charge in [-0.1, -0.05) is 18.2 Å². The maximum absolute atomic E-state index is 11.1. The first-order chi connectivity index (χ1) is 8.70. The molecule has 0 spiro atoms. The van der Waals surface area contributed by atoms with Crippen LogP contribution in [0.15, 0.2) is 24.3 Å². The highest BCUT2D eigenvalue weighted by Crippen LogP contribution is 2.24. The molecular formula is C14H21N3O. The summed E-state index contributed by atoms with van der Waals surface area (Å²) < 4.78 is 0.